The summed E-state index contributed by atoms with van der Waals surface area (Å²) in [4.78, 5) is 0. The first-order valence-electron chi connectivity index (χ1n) is 4.21. The van der Waals surface area contributed by atoms with Gasteiger partial charge >= 0.3 is 0 Å². The van der Waals surface area contributed by atoms with Gasteiger partial charge in [0.15, 0.2) is 0 Å². The standard InChI is InChI=1S/C10H15NO/c1-7(2)9-6-4-5-8(3)10(9)11-12/h4-7H,11H2,1-3H3. The third-order valence-electron chi connectivity index (χ3n) is 2.10. The highest BCUT2D eigenvalue weighted by Gasteiger charge is 2.08. The number of rotatable bonds is 2. The highest BCUT2D eigenvalue weighted by atomic mass is 16.5. The third-order valence-corrected chi connectivity index (χ3v) is 2.10. The van der Waals surface area contributed by atoms with Crippen LogP contribution in [0.15, 0.2) is 18.2 Å². The minimum atomic E-state index is 0.421. The van der Waals surface area contributed by atoms with E-state index in [2.05, 4.69) is 13.8 Å². The van der Waals surface area contributed by atoms with Crippen molar-refractivity contribution < 1.29 is 5.48 Å². The van der Waals surface area contributed by atoms with E-state index in [1.807, 2.05) is 25.1 Å². The first-order valence-corrected chi connectivity index (χ1v) is 4.21. The third kappa shape index (κ3) is 1.65. The fraction of sp³-hybridized carbons (Fsp3) is 0.400. The Balaban J connectivity index is 3.18. The van der Waals surface area contributed by atoms with Crippen molar-refractivity contribution in [3.05, 3.63) is 34.5 Å². The molecule has 0 radical (unpaired) electrons. The first-order chi connectivity index (χ1) is 5.66. The van der Waals surface area contributed by atoms with Crippen LogP contribution >= 0.6 is 0 Å². The Bertz CT molecular complexity index is 269. The van der Waals surface area contributed by atoms with Crippen LogP contribution in [0.2, 0.25) is 0 Å². The van der Waals surface area contributed by atoms with Gasteiger partial charge in [-0.2, -0.15) is 0 Å². The number of quaternary nitrogens is 1. The molecule has 0 unspecified atom stereocenters. The van der Waals surface area contributed by atoms with Crippen molar-refractivity contribution in [1.82, 2.24) is 0 Å². The lowest BCUT2D eigenvalue weighted by Crippen LogP contribution is -2.71. The molecule has 0 amide bonds. The topological polar surface area (TPSA) is 39.7 Å². The Labute approximate surface area is 73.2 Å². The second-order valence-corrected chi connectivity index (χ2v) is 3.35. The second-order valence-electron chi connectivity index (χ2n) is 3.35. The molecule has 0 heterocycles. The van der Waals surface area contributed by atoms with Crippen molar-refractivity contribution in [1.29, 1.82) is 0 Å². The molecule has 2 nitrogen and oxygen atoms in total. The summed E-state index contributed by atoms with van der Waals surface area (Å²) in [6.45, 7) is 6.17. The molecule has 0 atom stereocenters. The summed E-state index contributed by atoms with van der Waals surface area (Å²) in [5.74, 6) is 0.421. The van der Waals surface area contributed by atoms with Gasteiger partial charge in [0.2, 0.25) is 0 Å². The number of aryl methyl sites for hydroxylation is 1. The van der Waals surface area contributed by atoms with Gasteiger partial charge in [-0.05, 0) is 12.8 Å². The molecule has 2 heteroatoms. The van der Waals surface area contributed by atoms with Crippen molar-refractivity contribution in [2.45, 2.75) is 26.7 Å². The van der Waals surface area contributed by atoms with Gasteiger partial charge < -0.3 is 10.7 Å². The summed E-state index contributed by atoms with van der Waals surface area (Å²) in [6, 6.07) is 5.98. The largest absolute Gasteiger partial charge is 0.630 e. The molecule has 1 rings (SSSR count). The Morgan fingerprint density at radius 2 is 2.00 bits per heavy atom. The van der Waals surface area contributed by atoms with E-state index in [0.29, 0.717) is 5.92 Å². The lowest BCUT2D eigenvalue weighted by molar-refractivity contribution is -0.498. The van der Waals surface area contributed by atoms with Crippen LogP contribution in [-0.4, -0.2) is 0 Å². The lowest BCUT2D eigenvalue weighted by Gasteiger charge is -2.13. The van der Waals surface area contributed by atoms with Crippen LogP contribution in [-0.2, 0) is 0 Å². The minimum Gasteiger partial charge on any atom is -0.630 e. The van der Waals surface area contributed by atoms with Gasteiger partial charge in [0.05, 0.1) is 0 Å². The number of hydrogen-bond acceptors (Lipinski definition) is 1. The molecule has 0 aliphatic rings. The van der Waals surface area contributed by atoms with E-state index in [1.165, 1.54) is 0 Å². The van der Waals surface area contributed by atoms with Gasteiger partial charge in [-0.1, -0.05) is 32.0 Å². The summed E-state index contributed by atoms with van der Waals surface area (Å²) < 4.78 is 0. The van der Waals surface area contributed by atoms with E-state index >= 15 is 0 Å². The smallest absolute Gasteiger partial charge is 0.135 e. The molecule has 1 aromatic carbocycles. The summed E-state index contributed by atoms with van der Waals surface area (Å²) in [6.07, 6.45) is 0. The van der Waals surface area contributed by atoms with Crippen LogP contribution in [0.4, 0.5) is 5.69 Å². The van der Waals surface area contributed by atoms with Crippen LogP contribution in [0.5, 0.6) is 0 Å². The van der Waals surface area contributed by atoms with Crippen molar-refractivity contribution in [3.63, 3.8) is 0 Å². The number of benzene rings is 1. The van der Waals surface area contributed by atoms with Crippen molar-refractivity contribution in [3.8, 4) is 0 Å². The highest BCUT2D eigenvalue weighted by molar-refractivity contribution is 5.47. The van der Waals surface area contributed by atoms with Crippen molar-refractivity contribution >= 4 is 5.69 Å². The first kappa shape index (κ1) is 9.23. The van der Waals surface area contributed by atoms with Gasteiger partial charge in [-0.15, -0.1) is 0 Å². The summed E-state index contributed by atoms with van der Waals surface area (Å²) in [5.41, 5.74) is 4.01. The van der Waals surface area contributed by atoms with Crippen LogP contribution in [0.1, 0.15) is 30.9 Å². The molecular weight excluding hydrogens is 150 g/mol. The molecule has 0 saturated carbocycles. The fourth-order valence-electron chi connectivity index (χ4n) is 1.37. The molecule has 1 aromatic rings. The predicted molar refractivity (Wildman–Crippen MR) is 50.2 cm³/mol. The fourth-order valence-corrected chi connectivity index (χ4v) is 1.37. The molecule has 0 saturated heterocycles. The predicted octanol–water partition coefficient (Wildman–Crippen LogP) is 1.81. The highest BCUT2D eigenvalue weighted by Crippen LogP contribution is 2.22. The maximum Gasteiger partial charge on any atom is 0.135 e. The number of hydrogen-bond donors (Lipinski definition) is 1. The summed E-state index contributed by atoms with van der Waals surface area (Å²) in [7, 11) is 0. The van der Waals surface area contributed by atoms with Crippen LogP contribution in [0.3, 0.4) is 0 Å². The van der Waals surface area contributed by atoms with Gasteiger partial charge in [0.1, 0.15) is 5.69 Å². The Kier molecular flexibility index (Phi) is 2.84. The lowest BCUT2D eigenvalue weighted by atomic mass is 9.99. The second kappa shape index (κ2) is 3.70. The molecule has 66 valence electrons. The molecule has 0 bridgehead atoms. The van der Waals surface area contributed by atoms with Crippen LogP contribution in [0.25, 0.3) is 0 Å². The summed E-state index contributed by atoms with van der Waals surface area (Å²) in [5, 5.41) is 10.8. The van der Waals surface area contributed by atoms with Gasteiger partial charge in [0.25, 0.3) is 0 Å². The maximum atomic E-state index is 10.8. The monoisotopic (exact) mass is 165 g/mol. The molecule has 0 aromatic heterocycles. The molecule has 12 heavy (non-hydrogen) atoms. The Morgan fingerprint density at radius 3 is 2.42 bits per heavy atom. The van der Waals surface area contributed by atoms with E-state index in [-0.39, 0.29) is 0 Å². The summed E-state index contributed by atoms with van der Waals surface area (Å²) >= 11 is 0. The van der Waals surface area contributed by atoms with Crippen LogP contribution < -0.4 is 5.48 Å². The molecule has 0 aliphatic carbocycles. The average molecular weight is 165 g/mol. The van der Waals surface area contributed by atoms with E-state index < -0.39 is 0 Å². The molecule has 0 aliphatic heterocycles. The van der Waals surface area contributed by atoms with Crippen molar-refractivity contribution in [2.24, 2.45) is 0 Å². The normalized spacial score (nSPS) is 10.8. The molecule has 0 fully saturated rings. The van der Waals surface area contributed by atoms with E-state index in [1.54, 1.807) is 0 Å². The van der Waals surface area contributed by atoms with E-state index in [9.17, 15) is 5.21 Å². The zero-order valence-electron chi connectivity index (χ0n) is 7.79. The molecule has 2 N–H and O–H groups in total. The Hall–Kier alpha value is -0.860. The molecule has 0 spiro atoms. The SMILES string of the molecule is Cc1cccc(C(C)C)c1[NH2+][O-]. The van der Waals surface area contributed by atoms with Gasteiger partial charge in [0, 0.05) is 11.1 Å². The van der Waals surface area contributed by atoms with Gasteiger partial charge in [-0.25, -0.2) is 0 Å². The van der Waals surface area contributed by atoms with Crippen molar-refractivity contribution in [2.75, 3.05) is 0 Å². The minimum absolute atomic E-state index is 0.421. The number of nitrogens with two attached hydrogens (primary N) is 1. The average Bonchev–Trinajstić information content (AvgIpc) is 2.03. The van der Waals surface area contributed by atoms with E-state index in [0.717, 1.165) is 22.3 Å². The van der Waals surface area contributed by atoms with E-state index in [4.69, 9.17) is 0 Å². The maximum absolute atomic E-state index is 10.8. The molecular formula is C10H15NO. The van der Waals surface area contributed by atoms with Crippen LogP contribution in [0, 0.1) is 12.1 Å². The quantitative estimate of drug-likeness (QED) is 0.527. The van der Waals surface area contributed by atoms with Gasteiger partial charge in [-0.3, -0.25) is 0 Å². The zero-order chi connectivity index (χ0) is 9.14. The Morgan fingerprint density at radius 1 is 1.33 bits per heavy atom. The zero-order valence-corrected chi connectivity index (χ0v) is 7.79.